The Bertz CT molecular complexity index is 1050. The van der Waals surface area contributed by atoms with Crippen molar-refractivity contribution < 1.29 is 18.3 Å². The number of H-pyrrole nitrogens is 1. The number of anilines is 1. The van der Waals surface area contributed by atoms with E-state index in [2.05, 4.69) is 20.2 Å². The fourth-order valence-electron chi connectivity index (χ4n) is 3.57. The number of nitrogens with zero attached hydrogens (tertiary/aromatic N) is 2. The van der Waals surface area contributed by atoms with Crippen molar-refractivity contribution in [2.45, 2.75) is 33.0 Å². The van der Waals surface area contributed by atoms with Crippen LogP contribution in [0.1, 0.15) is 31.9 Å². The van der Waals surface area contributed by atoms with E-state index >= 15 is 0 Å². The zero-order valence-corrected chi connectivity index (χ0v) is 17.8. The summed E-state index contributed by atoms with van der Waals surface area (Å²) in [5.41, 5.74) is 0.565. The lowest BCUT2D eigenvalue weighted by Crippen LogP contribution is -2.35. The van der Waals surface area contributed by atoms with Crippen LogP contribution in [0.5, 0.6) is 5.88 Å². The molecule has 0 aliphatic heterocycles. The van der Waals surface area contributed by atoms with Gasteiger partial charge in [-0.3, -0.25) is 4.99 Å². The van der Waals surface area contributed by atoms with Crippen LogP contribution in [-0.2, 0) is 6.18 Å². The Kier molecular flexibility index (Phi) is 6.90. The number of nitrogens with one attached hydrogen (secondary N) is 2. The summed E-state index contributed by atoms with van der Waals surface area (Å²) in [6.45, 7) is 8.23. The van der Waals surface area contributed by atoms with Gasteiger partial charge in [-0.15, -0.1) is 0 Å². The monoisotopic (exact) mass is 432 g/mol. The average molecular weight is 432 g/mol. The second kappa shape index (κ2) is 9.43. The van der Waals surface area contributed by atoms with E-state index in [1.807, 2.05) is 32.9 Å². The van der Waals surface area contributed by atoms with E-state index in [0.717, 1.165) is 30.1 Å². The van der Waals surface area contributed by atoms with Crippen molar-refractivity contribution in [2.75, 3.05) is 25.0 Å². The first kappa shape index (κ1) is 22.7. The molecule has 1 heterocycles. The number of likely N-dealkylation sites (N-methyl/N-ethyl adjacent to an activating group) is 1. The van der Waals surface area contributed by atoms with Crippen molar-refractivity contribution in [2.24, 2.45) is 4.99 Å². The van der Waals surface area contributed by atoms with Crippen molar-refractivity contribution in [3.63, 3.8) is 0 Å². The van der Waals surface area contributed by atoms with Crippen LogP contribution in [0.2, 0.25) is 0 Å². The van der Waals surface area contributed by atoms with Crippen molar-refractivity contribution in [1.82, 2.24) is 9.88 Å². The van der Waals surface area contributed by atoms with Gasteiger partial charge >= 0.3 is 6.18 Å². The molecule has 0 aliphatic rings. The molecule has 3 rings (SSSR count). The molecule has 166 valence electrons. The lowest BCUT2D eigenvalue weighted by Gasteiger charge is -2.25. The number of para-hydroxylation sites is 1. The molecule has 0 spiro atoms. The lowest BCUT2D eigenvalue weighted by atomic mass is 10.1. The summed E-state index contributed by atoms with van der Waals surface area (Å²) in [5, 5.41) is 13.8. The highest BCUT2D eigenvalue weighted by Crippen LogP contribution is 2.37. The van der Waals surface area contributed by atoms with Gasteiger partial charge in [0.05, 0.1) is 16.8 Å². The summed E-state index contributed by atoms with van der Waals surface area (Å²) >= 11 is 0. The number of hydrogen-bond donors (Lipinski definition) is 3. The largest absolute Gasteiger partial charge is 0.494 e. The van der Waals surface area contributed by atoms with Gasteiger partial charge in [-0.2, -0.15) is 13.2 Å². The standard InChI is InChI=1S/C23H27F3N4O/c1-4-30(5-2)14-15(3)28-21-11-10-16(12-19(21)23(24,25)26)27-13-18-17-8-6-7-9-20(17)29-22(18)31/h6-13,15,28-29,31H,4-5,14H2,1-3H3. The molecule has 0 fully saturated rings. The smallest absolute Gasteiger partial charge is 0.418 e. The number of rotatable bonds is 8. The Morgan fingerprint density at radius 3 is 2.55 bits per heavy atom. The van der Waals surface area contributed by atoms with Crippen molar-refractivity contribution in [3.05, 3.63) is 53.6 Å². The third-order valence-corrected chi connectivity index (χ3v) is 5.21. The Morgan fingerprint density at radius 2 is 1.87 bits per heavy atom. The van der Waals surface area contributed by atoms with E-state index in [-0.39, 0.29) is 23.3 Å². The highest BCUT2D eigenvalue weighted by atomic mass is 19.4. The maximum atomic E-state index is 13.7. The van der Waals surface area contributed by atoms with Crippen LogP contribution in [0, 0.1) is 0 Å². The van der Waals surface area contributed by atoms with Crippen LogP contribution in [0.25, 0.3) is 10.9 Å². The second-order valence-electron chi connectivity index (χ2n) is 7.45. The van der Waals surface area contributed by atoms with Crippen LogP contribution >= 0.6 is 0 Å². The quantitative estimate of drug-likeness (QED) is 0.395. The van der Waals surface area contributed by atoms with Gasteiger partial charge in [-0.1, -0.05) is 32.0 Å². The summed E-state index contributed by atoms with van der Waals surface area (Å²) in [5.74, 6) is -0.0792. The molecular formula is C23H27F3N4O. The minimum absolute atomic E-state index is 0.0287. The van der Waals surface area contributed by atoms with Gasteiger partial charge in [0.2, 0.25) is 0 Å². The van der Waals surface area contributed by atoms with Gasteiger partial charge < -0.3 is 20.3 Å². The van der Waals surface area contributed by atoms with Gasteiger partial charge in [-0.25, -0.2) is 0 Å². The summed E-state index contributed by atoms with van der Waals surface area (Å²) in [4.78, 5) is 9.16. The summed E-state index contributed by atoms with van der Waals surface area (Å²) in [6, 6.07) is 11.0. The molecule has 0 saturated heterocycles. The third-order valence-electron chi connectivity index (χ3n) is 5.21. The number of hydrogen-bond acceptors (Lipinski definition) is 4. The highest BCUT2D eigenvalue weighted by molar-refractivity contribution is 6.02. The molecule has 3 aromatic rings. The fraction of sp³-hybridized carbons (Fsp3) is 0.348. The molecular weight excluding hydrogens is 405 g/mol. The van der Waals surface area contributed by atoms with Crippen LogP contribution in [0.3, 0.4) is 0 Å². The Hall–Kier alpha value is -3.00. The zero-order chi connectivity index (χ0) is 22.6. The molecule has 1 aromatic heterocycles. The first-order valence-electron chi connectivity index (χ1n) is 10.3. The van der Waals surface area contributed by atoms with Crippen LogP contribution in [0.4, 0.5) is 24.5 Å². The number of aromatic hydroxyl groups is 1. The van der Waals surface area contributed by atoms with Crippen LogP contribution in [-0.4, -0.2) is 46.9 Å². The second-order valence-corrected chi connectivity index (χ2v) is 7.45. The summed E-state index contributed by atoms with van der Waals surface area (Å²) < 4.78 is 41.1. The number of aromatic amines is 1. The molecule has 1 atom stereocenters. The first-order valence-corrected chi connectivity index (χ1v) is 10.3. The van der Waals surface area contributed by atoms with Crippen molar-refractivity contribution >= 4 is 28.5 Å². The van der Waals surface area contributed by atoms with Crippen LogP contribution < -0.4 is 5.32 Å². The maximum absolute atomic E-state index is 13.7. The zero-order valence-electron chi connectivity index (χ0n) is 17.8. The first-order chi connectivity index (χ1) is 14.7. The van der Waals surface area contributed by atoms with E-state index in [4.69, 9.17) is 0 Å². The number of benzene rings is 2. The van der Waals surface area contributed by atoms with Crippen LogP contribution in [0.15, 0.2) is 47.5 Å². The van der Waals surface area contributed by atoms with E-state index in [1.54, 1.807) is 12.1 Å². The molecule has 0 amide bonds. The van der Waals surface area contributed by atoms with E-state index in [1.165, 1.54) is 18.3 Å². The Labute approximate surface area is 179 Å². The molecule has 8 heteroatoms. The highest BCUT2D eigenvalue weighted by Gasteiger charge is 2.34. The van der Waals surface area contributed by atoms with Crippen molar-refractivity contribution in [3.8, 4) is 5.88 Å². The van der Waals surface area contributed by atoms with Gasteiger partial charge in [0.15, 0.2) is 5.88 Å². The number of aromatic nitrogens is 1. The maximum Gasteiger partial charge on any atom is 0.418 e. The summed E-state index contributed by atoms with van der Waals surface area (Å²) in [7, 11) is 0. The van der Waals surface area contributed by atoms with E-state index in [9.17, 15) is 18.3 Å². The Balaban J connectivity index is 1.87. The normalized spacial score (nSPS) is 13.4. The Morgan fingerprint density at radius 1 is 1.16 bits per heavy atom. The fourth-order valence-corrected chi connectivity index (χ4v) is 3.57. The summed E-state index contributed by atoms with van der Waals surface area (Å²) in [6.07, 6.45) is -3.15. The average Bonchev–Trinajstić information content (AvgIpc) is 3.05. The van der Waals surface area contributed by atoms with Gasteiger partial charge in [0.25, 0.3) is 0 Å². The predicted octanol–water partition coefficient (Wildman–Crippen LogP) is 5.79. The molecule has 0 bridgehead atoms. The molecule has 0 saturated carbocycles. The number of alkyl halides is 3. The molecule has 2 aromatic carbocycles. The topological polar surface area (TPSA) is 63.6 Å². The minimum atomic E-state index is -4.52. The SMILES string of the molecule is CCN(CC)CC(C)Nc1ccc(N=Cc2c(O)[nH]c3ccccc23)cc1C(F)(F)F. The molecule has 5 nitrogen and oxygen atoms in total. The van der Waals surface area contributed by atoms with Gasteiger partial charge in [0.1, 0.15) is 0 Å². The van der Waals surface area contributed by atoms with Crippen molar-refractivity contribution in [1.29, 1.82) is 0 Å². The molecule has 3 N–H and O–H groups in total. The molecule has 0 aliphatic carbocycles. The predicted molar refractivity (Wildman–Crippen MR) is 120 cm³/mol. The van der Waals surface area contributed by atoms with Gasteiger partial charge in [0, 0.05) is 35.4 Å². The van der Waals surface area contributed by atoms with E-state index < -0.39 is 11.7 Å². The van der Waals surface area contributed by atoms with E-state index in [0.29, 0.717) is 12.1 Å². The number of aliphatic imine (C=N–C) groups is 1. The molecule has 0 radical (unpaired) electrons. The molecule has 1 unspecified atom stereocenters. The minimum Gasteiger partial charge on any atom is -0.494 e. The molecule has 31 heavy (non-hydrogen) atoms. The third kappa shape index (κ3) is 5.38. The number of halogens is 3. The number of fused-ring (bicyclic) bond motifs is 1. The lowest BCUT2D eigenvalue weighted by molar-refractivity contribution is -0.136. The van der Waals surface area contributed by atoms with Gasteiger partial charge in [-0.05, 0) is 44.3 Å².